The van der Waals surface area contributed by atoms with Crippen molar-refractivity contribution in [1.29, 1.82) is 0 Å². The Hall–Kier alpha value is -1.70. The van der Waals surface area contributed by atoms with Gasteiger partial charge < -0.3 is 15.0 Å². The van der Waals surface area contributed by atoms with Crippen LogP contribution in [0.15, 0.2) is 28.3 Å². The average molecular weight is 364 g/mol. The summed E-state index contributed by atoms with van der Waals surface area (Å²) >= 11 is 2.98. The second-order valence-electron chi connectivity index (χ2n) is 5.80. The van der Waals surface area contributed by atoms with E-state index in [1.807, 2.05) is 21.7 Å². The van der Waals surface area contributed by atoms with Gasteiger partial charge in [-0.1, -0.05) is 0 Å². The molecule has 2 aromatic rings. The maximum Gasteiger partial charge on any atom is 0.266 e. The van der Waals surface area contributed by atoms with E-state index in [-0.39, 0.29) is 17.9 Å². The first-order chi connectivity index (χ1) is 11.6. The lowest BCUT2D eigenvalue weighted by Crippen LogP contribution is -2.36. The SMILES string of the molecule is CC(=O)Nc1ccsc1C(=O)N(Cc1ccsc1)CC1CCCO1. The highest BCUT2D eigenvalue weighted by molar-refractivity contribution is 7.12. The highest BCUT2D eigenvalue weighted by Crippen LogP contribution is 2.26. The summed E-state index contributed by atoms with van der Waals surface area (Å²) in [7, 11) is 0. The molecule has 5 nitrogen and oxygen atoms in total. The molecule has 0 aliphatic carbocycles. The lowest BCUT2D eigenvalue weighted by molar-refractivity contribution is -0.114. The predicted octanol–water partition coefficient (Wildman–Crippen LogP) is 3.59. The molecule has 1 aliphatic heterocycles. The van der Waals surface area contributed by atoms with Crippen LogP contribution in [0.5, 0.6) is 0 Å². The Morgan fingerprint density at radius 3 is 2.92 bits per heavy atom. The molecule has 2 amide bonds. The third-order valence-corrected chi connectivity index (χ3v) is 5.49. The number of anilines is 1. The van der Waals surface area contributed by atoms with Crippen molar-refractivity contribution in [3.63, 3.8) is 0 Å². The number of carbonyl (C=O) groups is 2. The van der Waals surface area contributed by atoms with Crippen molar-refractivity contribution in [2.45, 2.75) is 32.4 Å². The van der Waals surface area contributed by atoms with Gasteiger partial charge in [0.2, 0.25) is 5.91 Å². The lowest BCUT2D eigenvalue weighted by Gasteiger charge is -2.25. The van der Waals surface area contributed by atoms with E-state index in [1.165, 1.54) is 18.3 Å². The molecule has 0 radical (unpaired) electrons. The summed E-state index contributed by atoms with van der Waals surface area (Å²) < 4.78 is 5.71. The van der Waals surface area contributed by atoms with E-state index in [1.54, 1.807) is 17.4 Å². The number of ether oxygens (including phenoxy) is 1. The van der Waals surface area contributed by atoms with Crippen LogP contribution in [0.3, 0.4) is 0 Å². The van der Waals surface area contributed by atoms with Gasteiger partial charge in [-0.2, -0.15) is 11.3 Å². The zero-order valence-corrected chi connectivity index (χ0v) is 15.1. The van der Waals surface area contributed by atoms with Crippen LogP contribution in [0.1, 0.15) is 35.0 Å². The lowest BCUT2D eigenvalue weighted by atomic mass is 10.2. The van der Waals surface area contributed by atoms with Crippen LogP contribution in [0.2, 0.25) is 0 Å². The van der Waals surface area contributed by atoms with Crippen molar-refractivity contribution >= 4 is 40.2 Å². The van der Waals surface area contributed by atoms with Crippen LogP contribution >= 0.6 is 22.7 Å². The maximum absolute atomic E-state index is 13.1. The summed E-state index contributed by atoms with van der Waals surface area (Å²) in [4.78, 5) is 26.8. The van der Waals surface area contributed by atoms with Crippen molar-refractivity contribution < 1.29 is 14.3 Å². The van der Waals surface area contributed by atoms with Gasteiger partial charge in [0.25, 0.3) is 5.91 Å². The number of hydrogen-bond donors (Lipinski definition) is 1. The Morgan fingerprint density at radius 1 is 1.38 bits per heavy atom. The molecule has 3 heterocycles. The molecule has 24 heavy (non-hydrogen) atoms. The van der Waals surface area contributed by atoms with E-state index in [0.717, 1.165) is 25.0 Å². The van der Waals surface area contributed by atoms with Gasteiger partial charge in [-0.05, 0) is 46.7 Å². The maximum atomic E-state index is 13.1. The van der Waals surface area contributed by atoms with E-state index >= 15 is 0 Å². The second kappa shape index (κ2) is 7.92. The van der Waals surface area contributed by atoms with Crippen LogP contribution in [0.4, 0.5) is 5.69 Å². The largest absolute Gasteiger partial charge is 0.376 e. The highest BCUT2D eigenvalue weighted by atomic mass is 32.1. The first-order valence-electron chi connectivity index (χ1n) is 7.90. The molecule has 2 aromatic heterocycles. The Labute approximate surface area is 149 Å². The number of thiophene rings is 2. The van der Waals surface area contributed by atoms with Crippen molar-refractivity contribution in [1.82, 2.24) is 4.90 Å². The Morgan fingerprint density at radius 2 is 2.25 bits per heavy atom. The minimum Gasteiger partial charge on any atom is -0.376 e. The number of nitrogens with zero attached hydrogens (tertiary/aromatic N) is 1. The smallest absolute Gasteiger partial charge is 0.266 e. The van der Waals surface area contributed by atoms with Crippen LogP contribution in [0, 0.1) is 0 Å². The van der Waals surface area contributed by atoms with Gasteiger partial charge in [-0.15, -0.1) is 11.3 Å². The zero-order valence-electron chi connectivity index (χ0n) is 13.5. The number of hydrogen-bond acceptors (Lipinski definition) is 5. The molecule has 1 saturated heterocycles. The van der Waals surface area contributed by atoms with Crippen molar-refractivity contribution in [2.24, 2.45) is 0 Å². The first-order valence-corrected chi connectivity index (χ1v) is 9.73. The third-order valence-electron chi connectivity index (χ3n) is 3.86. The minimum absolute atomic E-state index is 0.0598. The molecule has 1 aliphatic rings. The van der Waals surface area contributed by atoms with Crippen molar-refractivity contribution in [3.8, 4) is 0 Å². The van der Waals surface area contributed by atoms with E-state index < -0.39 is 0 Å². The molecule has 0 bridgehead atoms. The van der Waals surface area contributed by atoms with Crippen LogP contribution < -0.4 is 5.32 Å². The summed E-state index contributed by atoms with van der Waals surface area (Å²) in [5, 5.41) is 8.63. The molecule has 7 heteroatoms. The third kappa shape index (κ3) is 4.23. The quantitative estimate of drug-likeness (QED) is 0.852. The predicted molar refractivity (Wildman–Crippen MR) is 96.7 cm³/mol. The normalized spacial score (nSPS) is 17.0. The number of nitrogens with one attached hydrogen (secondary N) is 1. The Balaban J connectivity index is 1.79. The van der Waals surface area contributed by atoms with E-state index in [2.05, 4.69) is 10.7 Å². The van der Waals surface area contributed by atoms with E-state index in [9.17, 15) is 9.59 Å². The van der Waals surface area contributed by atoms with Gasteiger partial charge in [0.05, 0.1) is 11.8 Å². The minimum atomic E-state index is -0.175. The average Bonchev–Trinajstić information content (AvgIpc) is 3.27. The zero-order chi connectivity index (χ0) is 16.9. The van der Waals surface area contributed by atoms with Crippen molar-refractivity contribution in [3.05, 3.63) is 38.7 Å². The Bertz CT molecular complexity index is 691. The molecule has 1 fully saturated rings. The molecule has 1 atom stereocenters. The van der Waals surface area contributed by atoms with Gasteiger partial charge in [-0.3, -0.25) is 9.59 Å². The van der Waals surface area contributed by atoms with Gasteiger partial charge >= 0.3 is 0 Å². The summed E-state index contributed by atoms with van der Waals surface area (Å²) in [5.74, 6) is -0.235. The second-order valence-corrected chi connectivity index (χ2v) is 7.49. The van der Waals surface area contributed by atoms with Crippen LogP contribution in [-0.4, -0.2) is 36.0 Å². The van der Waals surface area contributed by atoms with Gasteiger partial charge in [0.15, 0.2) is 0 Å². The summed E-state index contributed by atoms with van der Waals surface area (Å²) in [5.41, 5.74) is 1.70. The fraction of sp³-hybridized carbons (Fsp3) is 0.412. The topological polar surface area (TPSA) is 58.6 Å². The molecule has 128 valence electrons. The standard InChI is InChI=1S/C17H20N2O3S2/c1-12(20)18-15-5-8-24-16(15)17(21)19(9-13-4-7-23-11-13)10-14-3-2-6-22-14/h4-5,7-8,11,14H,2-3,6,9-10H2,1H3,(H,18,20). The molecular formula is C17H20N2O3S2. The summed E-state index contributed by atoms with van der Waals surface area (Å²) in [6, 6.07) is 3.80. The molecule has 0 aromatic carbocycles. The van der Waals surface area contributed by atoms with Crippen molar-refractivity contribution in [2.75, 3.05) is 18.5 Å². The molecule has 1 N–H and O–H groups in total. The number of carbonyl (C=O) groups excluding carboxylic acids is 2. The number of rotatable bonds is 6. The van der Waals surface area contributed by atoms with Crippen LogP contribution in [-0.2, 0) is 16.1 Å². The highest BCUT2D eigenvalue weighted by Gasteiger charge is 2.26. The van der Waals surface area contributed by atoms with E-state index in [0.29, 0.717) is 23.7 Å². The first kappa shape index (κ1) is 17.1. The molecule has 0 spiro atoms. The summed E-state index contributed by atoms with van der Waals surface area (Å²) in [6.07, 6.45) is 2.12. The molecule has 1 unspecified atom stereocenters. The van der Waals surface area contributed by atoms with Gasteiger partial charge in [-0.25, -0.2) is 0 Å². The Kier molecular flexibility index (Phi) is 5.65. The molecule has 0 saturated carbocycles. The fourth-order valence-corrected chi connectivity index (χ4v) is 4.24. The van der Waals surface area contributed by atoms with Gasteiger partial charge in [0.1, 0.15) is 4.88 Å². The van der Waals surface area contributed by atoms with E-state index in [4.69, 9.17) is 4.74 Å². The fourth-order valence-electron chi connectivity index (χ4n) is 2.76. The molecule has 3 rings (SSSR count). The van der Waals surface area contributed by atoms with Gasteiger partial charge in [0, 0.05) is 26.6 Å². The monoisotopic (exact) mass is 364 g/mol. The number of amides is 2. The summed E-state index contributed by atoms with van der Waals surface area (Å²) in [6.45, 7) is 3.34. The van der Waals surface area contributed by atoms with Crippen LogP contribution in [0.25, 0.3) is 0 Å². The molecular weight excluding hydrogens is 344 g/mol.